The van der Waals surface area contributed by atoms with E-state index in [1.807, 2.05) is 0 Å². The zero-order chi connectivity index (χ0) is 41.6. The van der Waals surface area contributed by atoms with E-state index in [-0.39, 0.29) is 5.41 Å². The molecule has 1 aliphatic rings. The van der Waals surface area contributed by atoms with Crippen molar-refractivity contribution in [1.82, 2.24) is 0 Å². The highest BCUT2D eigenvalue weighted by Gasteiger charge is 2.38. The minimum absolute atomic E-state index is 0.186. The van der Waals surface area contributed by atoms with E-state index in [1.165, 1.54) is 88.7 Å². The summed E-state index contributed by atoms with van der Waals surface area (Å²) in [7, 11) is 0. The molecule has 294 valence electrons. The van der Waals surface area contributed by atoms with Gasteiger partial charge in [-0.3, -0.25) is 0 Å². The first-order chi connectivity index (χ1) is 30.5. The number of nitrogens with zero attached hydrogens (tertiary/aromatic N) is 1. The van der Waals surface area contributed by atoms with Gasteiger partial charge in [-0.2, -0.15) is 0 Å². The van der Waals surface area contributed by atoms with Crippen molar-refractivity contribution >= 4 is 27.8 Å². The van der Waals surface area contributed by atoms with Crippen molar-refractivity contribution in [2.75, 3.05) is 4.90 Å². The van der Waals surface area contributed by atoms with Crippen LogP contribution in [0.25, 0.3) is 77.5 Å². The standard InChI is InChI=1S/C61H45N/c1-61(2)56-32-15-13-26-51(56)54-30-17-31-55(60(54)61)52-27-14-16-33-57(52)62(48-39-37-43(38-40-48)47-36-35-42-19-9-10-24-46(42)41-47)58-34-18-29-50(45-22-7-4-8-23-45)59(58)53-28-12-11-25-49(53)44-20-5-3-6-21-44/h3-41H,1-2H3. The molecule has 10 aromatic carbocycles. The van der Waals surface area contributed by atoms with Gasteiger partial charge in [0.1, 0.15) is 0 Å². The Morgan fingerprint density at radius 1 is 0.306 bits per heavy atom. The molecule has 62 heavy (non-hydrogen) atoms. The second-order valence-corrected chi connectivity index (χ2v) is 16.8. The fraction of sp³-hybridized carbons (Fsp3) is 0.0492. The van der Waals surface area contributed by atoms with Crippen molar-refractivity contribution in [3.05, 3.63) is 248 Å². The molecule has 0 heterocycles. The average molecular weight is 792 g/mol. The number of benzene rings is 10. The molecule has 0 aromatic heterocycles. The summed E-state index contributed by atoms with van der Waals surface area (Å²) < 4.78 is 0. The van der Waals surface area contributed by atoms with E-state index in [4.69, 9.17) is 0 Å². The van der Waals surface area contributed by atoms with Gasteiger partial charge in [0.05, 0.1) is 11.4 Å². The van der Waals surface area contributed by atoms with Crippen LogP contribution in [-0.2, 0) is 5.41 Å². The summed E-state index contributed by atoms with van der Waals surface area (Å²) >= 11 is 0. The predicted octanol–water partition coefficient (Wildman–Crippen LogP) is 17.0. The Labute approximate surface area is 364 Å². The van der Waals surface area contributed by atoms with Crippen LogP contribution in [0.4, 0.5) is 17.1 Å². The summed E-state index contributed by atoms with van der Waals surface area (Å²) in [6.45, 7) is 4.77. The van der Waals surface area contributed by atoms with Crippen LogP contribution in [0.2, 0.25) is 0 Å². The summed E-state index contributed by atoms with van der Waals surface area (Å²) in [5.41, 5.74) is 20.4. The van der Waals surface area contributed by atoms with E-state index < -0.39 is 0 Å². The highest BCUT2D eigenvalue weighted by atomic mass is 15.1. The van der Waals surface area contributed by atoms with E-state index in [1.54, 1.807) is 0 Å². The normalized spacial score (nSPS) is 12.5. The van der Waals surface area contributed by atoms with Gasteiger partial charge >= 0.3 is 0 Å². The van der Waals surface area contributed by atoms with Gasteiger partial charge in [0.15, 0.2) is 0 Å². The third kappa shape index (κ3) is 6.33. The van der Waals surface area contributed by atoms with Crippen LogP contribution in [0.5, 0.6) is 0 Å². The highest BCUT2D eigenvalue weighted by molar-refractivity contribution is 6.03. The van der Waals surface area contributed by atoms with Crippen molar-refractivity contribution in [2.24, 2.45) is 0 Å². The van der Waals surface area contributed by atoms with Crippen LogP contribution in [0.1, 0.15) is 25.0 Å². The zero-order valence-corrected chi connectivity index (χ0v) is 35.0. The summed E-state index contributed by atoms with van der Waals surface area (Å²) in [5.74, 6) is 0. The van der Waals surface area contributed by atoms with Crippen LogP contribution in [0, 0.1) is 0 Å². The van der Waals surface area contributed by atoms with E-state index in [0.717, 1.165) is 17.1 Å². The van der Waals surface area contributed by atoms with Gasteiger partial charge in [0, 0.05) is 22.2 Å². The van der Waals surface area contributed by atoms with E-state index >= 15 is 0 Å². The number of para-hydroxylation sites is 1. The van der Waals surface area contributed by atoms with E-state index in [9.17, 15) is 0 Å². The Hall–Kier alpha value is -7.74. The molecule has 10 aromatic rings. The van der Waals surface area contributed by atoms with Crippen molar-refractivity contribution < 1.29 is 0 Å². The second kappa shape index (κ2) is 15.4. The first-order valence-electron chi connectivity index (χ1n) is 21.6. The van der Waals surface area contributed by atoms with Gasteiger partial charge in [-0.25, -0.2) is 0 Å². The second-order valence-electron chi connectivity index (χ2n) is 16.8. The van der Waals surface area contributed by atoms with E-state index in [0.29, 0.717) is 0 Å². The molecule has 1 aliphatic carbocycles. The van der Waals surface area contributed by atoms with Gasteiger partial charge in [-0.15, -0.1) is 0 Å². The number of hydrogen-bond acceptors (Lipinski definition) is 1. The number of fused-ring (bicyclic) bond motifs is 4. The van der Waals surface area contributed by atoms with Crippen molar-refractivity contribution in [3.63, 3.8) is 0 Å². The lowest BCUT2D eigenvalue weighted by molar-refractivity contribution is 0.662. The topological polar surface area (TPSA) is 3.24 Å². The molecule has 1 nitrogen and oxygen atoms in total. The summed E-state index contributed by atoms with van der Waals surface area (Å²) in [6.07, 6.45) is 0. The maximum absolute atomic E-state index is 2.51. The molecule has 0 bridgehead atoms. The molecule has 0 saturated carbocycles. The van der Waals surface area contributed by atoms with Gasteiger partial charge in [0.25, 0.3) is 0 Å². The minimum Gasteiger partial charge on any atom is -0.309 e. The third-order valence-electron chi connectivity index (χ3n) is 12.9. The van der Waals surface area contributed by atoms with Gasteiger partial charge in [-0.1, -0.05) is 220 Å². The van der Waals surface area contributed by atoms with Gasteiger partial charge in [0.2, 0.25) is 0 Å². The summed E-state index contributed by atoms with van der Waals surface area (Å²) in [5, 5.41) is 2.49. The van der Waals surface area contributed by atoms with Crippen molar-refractivity contribution in [2.45, 2.75) is 19.3 Å². The quantitative estimate of drug-likeness (QED) is 0.148. The maximum Gasteiger partial charge on any atom is 0.0546 e. The van der Waals surface area contributed by atoms with Crippen LogP contribution in [0.3, 0.4) is 0 Å². The molecule has 0 spiro atoms. The fourth-order valence-corrected chi connectivity index (χ4v) is 9.99. The number of hydrogen-bond donors (Lipinski definition) is 0. The lowest BCUT2D eigenvalue weighted by Gasteiger charge is -2.32. The monoisotopic (exact) mass is 791 g/mol. The molecule has 0 atom stereocenters. The fourth-order valence-electron chi connectivity index (χ4n) is 9.99. The lowest BCUT2D eigenvalue weighted by Crippen LogP contribution is -2.17. The lowest BCUT2D eigenvalue weighted by atomic mass is 9.78. The largest absolute Gasteiger partial charge is 0.309 e. The number of rotatable bonds is 8. The molecule has 11 rings (SSSR count). The third-order valence-corrected chi connectivity index (χ3v) is 12.9. The molecular weight excluding hydrogens is 747 g/mol. The average Bonchev–Trinajstić information content (AvgIpc) is 3.58. The zero-order valence-electron chi connectivity index (χ0n) is 35.0. The molecule has 0 fully saturated rings. The molecular formula is C61H45N. The maximum atomic E-state index is 2.51. The predicted molar refractivity (Wildman–Crippen MR) is 263 cm³/mol. The molecule has 0 N–H and O–H groups in total. The Bertz CT molecular complexity index is 3250. The Balaban J connectivity index is 1.18. The van der Waals surface area contributed by atoms with Crippen LogP contribution < -0.4 is 4.90 Å². The molecule has 0 radical (unpaired) electrons. The minimum atomic E-state index is -0.186. The van der Waals surface area contributed by atoms with Crippen molar-refractivity contribution in [3.8, 4) is 66.8 Å². The molecule has 0 unspecified atom stereocenters. The van der Waals surface area contributed by atoms with Crippen molar-refractivity contribution in [1.29, 1.82) is 0 Å². The Morgan fingerprint density at radius 3 is 1.55 bits per heavy atom. The first kappa shape index (κ1) is 37.3. The van der Waals surface area contributed by atoms with Crippen LogP contribution in [-0.4, -0.2) is 0 Å². The molecule has 1 heteroatoms. The Kier molecular flexibility index (Phi) is 9.24. The summed E-state index contributed by atoms with van der Waals surface area (Å²) in [6, 6.07) is 86.7. The molecule has 0 saturated heterocycles. The first-order valence-corrected chi connectivity index (χ1v) is 21.6. The van der Waals surface area contributed by atoms with E-state index in [2.05, 4.69) is 255 Å². The Morgan fingerprint density at radius 2 is 0.806 bits per heavy atom. The highest BCUT2D eigenvalue weighted by Crippen LogP contribution is 2.55. The summed E-state index contributed by atoms with van der Waals surface area (Å²) in [4.78, 5) is 2.51. The number of anilines is 3. The SMILES string of the molecule is CC1(C)c2ccccc2-c2cccc(-c3ccccc3N(c3ccc(-c4ccc5ccccc5c4)cc3)c3cccc(-c4ccccc4)c3-c3ccccc3-c3ccccc3)c21. The van der Waals surface area contributed by atoms with Gasteiger partial charge in [-0.05, 0) is 108 Å². The molecule has 0 aliphatic heterocycles. The van der Waals surface area contributed by atoms with Crippen LogP contribution >= 0.6 is 0 Å². The van der Waals surface area contributed by atoms with Gasteiger partial charge < -0.3 is 4.90 Å². The smallest absolute Gasteiger partial charge is 0.0546 e. The van der Waals surface area contributed by atoms with Crippen LogP contribution in [0.15, 0.2) is 237 Å². The molecule has 0 amide bonds.